The van der Waals surface area contributed by atoms with E-state index >= 15 is 0 Å². The molecule has 0 saturated heterocycles. The van der Waals surface area contributed by atoms with Gasteiger partial charge in [0.2, 0.25) is 0 Å². The van der Waals surface area contributed by atoms with Crippen LogP contribution in [0.4, 0.5) is 21.9 Å². The van der Waals surface area contributed by atoms with Crippen LogP contribution < -0.4 is 15.8 Å². The topological polar surface area (TPSA) is 125 Å². The monoisotopic (exact) mass is 312 g/mol. The Balaban J connectivity index is 2.97. The molecule has 124 valence electrons. The summed E-state index contributed by atoms with van der Waals surface area (Å²) < 4.78 is 0. The number of benzene rings is 1. The van der Waals surface area contributed by atoms with Gasteiger partial charge in [-0.2, -0.15) is 0 Å². The van der Waals surface area contributed by atoms with Crippen LogP contribution in [0.15, 0.2) is 18.2 Å². The van der Waals surface area contributed by atoms with E-state index in [-0.39, 0.29) is 22.3 Å². The highest BCUT2D eigenvalue weighted by molar-refractivity contribution is 5.90. The number of carbonyl (C=O) groups is 1. The van der Waals surface area contributed by atoms with E-state index in [1.165, 1.54) is 6.07 Å². The highest BCUT2D eigenvalue weighted by Gasteiger charge is 2.13. The van der Waals surface area contributed by atoms with E-state index in [9.17, 15) is 15.2 Å². The Morgan fingerprint density at radius 3 is 2.09 bits per heavy atom. The van der Waals surface area contributed by atoms with Crippen molar-refractivity contribution in [3.63, 3.8) is 0 Å². The maximum absolute atomic E-state index is 12.2. The molecule has 3 N–H and O–H groups in total. The van der Waals surface area contributed by atoms with Crippen LogP contribution in [0.2, 0.25) is 0 Å². The summed E-state index contributed by atoms with van der Waals surface area (Å²) in [6.45, 7) is 5.01. The van der Waals surface area contributed by atoms with E-state index in [4.69, 9.17) is 10.4 Å². The molecule has 0 unspecified atom stereocenters. The Hall–Kier alpha value is -2.07. The Labute approximate surface area is 128 Å². The van der Waals surface area contributed by atoms with Gasteiger partial charge in [-0.1, -0.05) is 13.8 Å². The smallest absolute Gasteiger partial charge is 0.321 e. The molecule has 0 heterocycles. The Morgan fingerprint density at radius 2 is 1.64 bits per heavy atom. The fourth-order valence-corrected chi connectivity index (χ4v) is 1.95. The lowest BCUT2D eigenvalue weighted by molar-refractivity contribution is 0.0292. The molecular weight excluding hydrogens is 292 g/mol. The van der Waals surface area contributed by atoms with Gasteiger partial charge in [-0.15, -0.1) is 5.23 Å². The zero-order valence-electron chi connectivity index (χ0n) is 12.5. The number of nitrogens with zero attached hydrogens (tertiary/aromatic N) is 3. The molecule has 0 aliphatic rings. The van der Waals surface area contributed by atoms with Crippen LogP contribution in [0.3, 0.4) is 0 Å². The van der Waals surface area contributed by atoms with Gasteiger partial charge in [0.1, 0.15) is 0 Å². The molecule has 1 aromatic carbocycles. The van der Waals surface area contributed by atoms with Crippen LogP contribution in [-0.4, -0.2) is 34.4 Å². The number of anilines is 3. The number of rotatable bonds is 7. The van der Waals surface area contributed by atoms with Crippen molar-refractivity contribution in [1.29, 1.82) is 0 Å². The summed E-state index contributed by atoms with van der Waals surface area (Å²) in [5, 5.41) is 41.3. The minimum atomic E-state index is -0.682. The van der Waals surface area contributed by atoms with E-state index in [2.05, 4.69) is 5.32 Å². The van der Waals surface area contributed by atoms with Gasteiger partial charge in [0.25, 0.3) is 0 Å². The summed E-state index contributed by atoms with van der Waals surface area (Å²) in [7, 11) is 0. The molecule has 22 heavy (non-hydrogen) atoms. The van der Waals surface area contributed by atoms with E-state index in [0.717, 1.165) is 25.0 Å². The molecule has 0 spiro atoms. The third kappa shape index (κ3) is 5.04. The first-order chi connectivity index (χ1) is 10.4. The molecule has 0 saturated carbocycles. The highest BCUT2D eigenvalue weighted by atomic mass is 16.8. The number of amides is 2. The van der Waals surface area contributed by atoms with Crippen molar-refractivity contribution >= 4 is 23.1 Å². The van der Waals surface area contributed by atoms with Crippen LogP contribution in [-0.2, 0) is 0 Å². The first-order valence-electron chi connectivity index (χ1n) is 6.92. The van der Waals surface area contributed by atoms with Crippen molar-refractivity contribution in [1.82, 2.24) is 4.90 Å². The van der Waals surface area contributed by atoms with Crippen molar-refractivity contribution in [2.75, 3.05) is 28.9 Å². The molecule has 0 atom stereocenters. The first-order valence-corrected chi connectivity index (χ1v) is 6.92. The Bertz CT molecular complexity index is 463. The summed E-state index contributed by atoms with van der Waals surface area (Å²) >= 11 is 0. The number of urea groups is 1. The standard InChI is InChI=1S/C13H20N4O5/c1-3-5-15(6-4-2)13(18)14-10-7-11(16(19)20)9-12(8-10)17(21)22/h7-9,19-20H,3-6H2,1-2H3,(H,14,18)/q-2. The molecule has 2 amide bonds. The van der Waals surface area contributed by atoms with Crippen molar-refractivity contribution in [2.45, 2.75) is 26.7 Å². The van der Waals surface area contributed by atoms with Gasteiger partial charge in [0, 0.05) is 24.5 Å². The number of carbonyl (C=O) groups excluding carboxylic acids is 1. The van der Waals surface area contributed by atoms with E-state index < -0.39 is 11.3 Å². The molecular formula is C13H20N4O5-2. The molecule has 1 aromatic rings. The predicted octanol–water partition coefficient (Wildman–Crippen LogP) is 2.73. The zero-order valence-corrected chi connectivity index (χ0v) is 12.5. The zero-order chi connectivity index (χ0) is 16.7. The molecule has 9 heteroatoms. The van der Waals surface area contributed by atoms with Gasteiger partial charge in [0.15, 0.2) is 0 Å². The van der Waals surface area contributed by atoms with Crippen molar-refractivity contribution in [3.8, 4) is 0 Å². The molecule has 0 bridgehead atoms. The lowest BCUT2D eigenvalue weighted by Crippen LogP contribution is -2.36. The van der Waals surface area contributed by atoms with Gasteiger partial charge < -0.3 is 25.9 Å². The fourth-order valence-electron chi connectivity index (χ4n) is 1.95. The van der Waals surface area contributed by atoms with Crippen molar-refractivity contribution in [3.05, 3.63) is 28.6 Å². The van der Waals surface area contributed by atoms with Gasteiger partial charge in [-0.05, 0) is 31.0 Å². The summed E-state index contributed by atoms with van der Waals surface area (Å²) in [6.07, 6.45) is 1.57. The molecule has 0 fully saturated rings. The van der Waals surface area contributed by atoms with Crippen LogP contribution in [0, 0.1) is 10.4 Å². The maximum Gasteiger partial charge on any atom is 0.321 e. The maximum atomic E-state index is 12.2. The van der Waals surface area contributed by atoms with E-state index in [1.54, 1.807) is 4.90 Å². The molecule has 0 radical (unpaired) electrons. The Kier molecular flexibility index (Phi) is 6.86. The summed E-state index contributed by atoms with van der Waals surface area (Å²) in [4.78, 5) is 13.8. The van der Waals surface area contributed by atoms with E-state index in [0.29, 0.717) is 13.1 Å². The summed E-state index contributed by atoms with van der Waals surface area (Å²) in [5.74, 6) is 0. The van der Waals surface area contributed by atoms with Crippen molar-refractivity contribution < 1.29 is 15.2 Å². The largest absolute Gasteiger partial charge is 0.769 e. The minimum absolute atomic E-state index is 0.111. The number of hydrogen-bond donors (Lipinski definition) is 3. The normalized spacial score (nSPS) is 10.3. The minimum Gasteiger partial charge on any atom is -0.769 e. The first kappa shape index (κ1) is 18.0. The van der Waals surface area contributed by atoms with Crippen LogP contribution >= 0.6 is 0 Å². The molecule has 9 nitrogen and oxygen atoms in total. The third-order valence-electron chi connectivity index (χ3n) is 2.87. The molecule has 1 rings (SSSR count). The third-order valence-corrected chi connectivity index (χ3v) is 2.87. The van der Waals surface area contributed by atoms with Crippen LogP contribution in [0.1, 0.15) is 26.7 Å². The summed E-state index contributed by atoms with van der Waals surface area (Å²) in [6, 6.07) is 2.96. The van der Waals surface area contributed by atoms with Gasteiger partial charge in [-0.3, -0.25) is 10.4 Å². The lowest BCUT2D eigenvalue weighted by Gasteiger charge is -2.38. The van der Waals surface area contributed by atoms with Crippen LogP contribution in [0.5, 0.6) is 0 Å². The van der Waals surface area contributed by atoms with Crippen molar-refractivity contribution in [2.24, 2.45) is 0 Å². The van der Waals surface area contributed by atoms with Crippen LogP contribution in [0.25, 0.3) is 0 Å². The summed E-state index contributed by atoms with van der Waals surface area (Å²) in [5.41, 5.74) is -0.472. The molecule has 0 aliphatic heterocycles. The average molecular weight is 312 g/mol. The van der Waals surface area contributed by atoms with Gasteiger partial charge in [-0.25, -0.2) is 4.79 Å². The fraction of sp³-hybridized carbons (Fsp3) is 0.462. The number of hydrogen-bond acceptors (Lipinski definition) is 7. The average Bonchev–Trinajstić information content (AvgIpc) is 2.46. The predicted molar refractivity (Wildman–Crippen MR) is 82.9 cm³/mol. The molecule has 0 aromatic heterocycles. The second-order valence-corrected chi connectivity index (χ2v) is 4.70. The molecule has 0 aliphatic carbocycles. The number of nitrogens with one attached hydrogen (secondary N) is 1. The Morgan fingerprint density at radius 1 is 1.09 bits per heavy atom. The van der Waals surface area contributed by atoms with Gasteiger partial charge >= 0.3 is 6.03 Å². The van der Waals surface area contributed by atoms with E-state index in [1.807, 2.05) is 13.8 Å². The second-order valence-electron chi connectivity index (χ2n) is 4.70. The quantitative estimate of drug-likeness (QED) is 0.661. The highest BCUT2D eigenvalue weighted by Crippen LogP contribution is 2.26. The second kappa shape index (κ2) is 8.39. The van der Waals surface area contributed by atoms with Gasteiger partial charge in [0.05, 0.1) is 5.69 Å². The lowest BCUT2D eigenvalue weighted by atomic mass is 10.2. The SMILES string of the molecule is CCCN(CCC)C(=O)Nc1cc(N([O-])[O-])cc(N(O)O)c1.